The summed E-state index contributed by atoms with van der Waals surface area (Å²) in [5, 5.41) is 3.01. The van der Waals surface area contributed by atoms with Crippen molar-refractivity contribution in [3.63, 3.8) is 0 Å². The van der Waals surface area contributed by atoms with Crippen LogP contribution in [0, 0.1) is 0 Å². The standard InChI is InChI=1S/C15H22N2O/c1-2-3-11-17-12-7-10-14(17)15(18)16-13-8-5-4-6-9-13/h4-6,8-9,14H,2-3,7,10-12H2,1H3,(H,16,18). The Kier molecular flexibility index (Phi) is 4.76. The third-order valence-electron chi connectivity index (χ3n) is 3.51. The number of carbonyl (C=O) groups is 1. The van der Waals surface area contributed by atoms with Crippen molar-refractivity contribution in [2.24, 2.45) is 0 Å². The second kappa shape index (κ2) is 6.55. The van der Waals surface area contributed by atoms with Gasteiger partial charge in [-0.3, -0.25) is 9.69 Å². The minimum absolute atomic E-state index is 0.0664. The van der Waals surface area contributed by atoms with Gasteiger partial charge in [0.05, 0.1) is 6.04 Å². The fraction of sp³-hybridized carbons (Fsp3) is 0.533. The van der Waals surface area contributed by atoms with Crippen LogP contribution in [-0.4, -0.2) is 29.9 Å². The van der Waals surface area contributed by atoms with Gasteiger partial charge in [0.1, 0.15) is 0 Å². The Bertz CT molecular complexity index is 377. The van der Waals surface area contributed by atoms with Crippen LogP contribution in [0.5, 0.6) is 0 Å². The number of amides is 1. The highest BCUT2D eigenvalue weighted by molar-refractivity contribution is 5.94. The van der Waals surface area contributed by atoms with Gasteiger partial charge in [-0.15, -0.1) is 0 Å². The van der Waals surface area contributed by atoms with Crippen molar-refractivity contribution in [3.8, 4) is 0 Å². The van der Waals surface area contributed by atoms with Crippen molar-refractivity contribution >= 4 is 11.6 Å². The molecule has 1 aromatic rings. The summed E-state index contributed by atoms with van der Waals surface area (Å²) >= 11 is 0. The molecule has 1 amide bonds. The van der Waals surface area contributed by atoms with Crippen LogP contribution >= 0.6 is 0 Å². The average molecular weight is 246 g/mol. The number of nitrogens with one attached hydrogen (secondary N) is 1. The van der Waals surface area contributed by atoms with Crippen LogP contribution in [0.2, 0.25) is 0 Å². The third-order valence-corrected chi connectivity index (χ3v) is 3.51. The van der Waals surface area contributed by atoms with Crippen LogP contribution in [0.4, 0.5) is 5.69 Å². The van der Waals surface area contributed by atoms with E-state index in [9.17, 15) is 4.79 Å². The summed E-state index contributed by atoms with van der Waals surface area (Å²) in [6.45, 7) is 4.30. The van der Waals surface area contributed by atoms with Gasteiger partial charge >= 0.3 is 0 Å². The van der Waals surface area contributed by atoms with E-state index in [1.807, 2.05) is 30.3 Å². The highest BCUT2D eigenvalue weighted by Gasteiger charge is 2.29. The number of anilines is 1. The zero-order valence-electron chi connectivity index (χ0n) is 11.1. The Morgan fingerprint density at radius 2 is 2.17 bits per heavy atom. The maximum absolute atomic E-state index is 12.2. The molecule has 0 bridgehead atoms. The summed E-state index contributed by atoms with van der Waals surface area (Å²) < 4.78 is 0. The Hall–Kier alpha value is -1.35. The summed E-state index contributed by atoms with van der Waals surface area (Å²) in [5.74, 6) is 0.148. The van der Waals surface area contributed by atoms with E-state index in [0.717, 1.165) is 31.6 Å². The first-order valence-electron chi connectivity index (χ1n) is 6.91. The average Bonchev–Trinajstić information content (AvgIpc) is 2.86. The lowest BCUT2D eigenvalue weighted by Crippen LogP contribution is -2.40. The van der Waals surface area contributed by atoms with Crippen LogP contribution in [-0.2, 0) is 4.79 Å². The van der Waals surface area contributed by atoms with Gasteiger partial charge in [-0.05, 0) is 44.5 Å². The van der Waals surface area contributed by atoms with Crippen molar-refractivity contribution < 1.29 is 4.79 Å². The predicted molar refractivity (Wildman–Crippen MR) is 74.6 cm³/mol. The third kappa shape index (κ3) is 3.33. The minimum atomic E-state index is 0.0664. The summed E-state index contributed by atoms with van der Waals surface area (Å²) in [6, 6.07) is 9.78. The number of hydrogen-bond donors (Lipinski definition) is 1. The van der Waals surface area contributed by atoms with E-state index in [0.29, 0.717) is 0 Å². The van der Waals surface area contributed by atoms with Gasteiger partial charge in [-0.25, -0.2) is 0 Å². The van der Waals surface area contributed by atoms with E-state index in [1.165, 1.54) is 12.8 Å². The molecular formula is C15H22N2O. The molecule has 3 heteroatoms. The monoisotopic (exact) mass is 246 g/mol. The van der Waals surface area contributed by atoms with Crippen molar-refractivity contribution in [1.82, 2.24) is 4.90 Å². The number of rotatable bonds is 5. The number of likely N-dealkylation sites (tertiary alicyclic amines) is 1. The van der Waals surface area contributed by atoms with Crippen LogP contribution < -0.4 is 5.32 Å². The molecule has 0 aliphatic carbocycles. The molecule has 1 saturated heterocycles. The van der Waals surface area contributed by atoms with Crippen LogP contribution in [0.1, 0.15) is 32.6 Å². The van der Waals surface area contributed by atoms with Gasteiger partial charge in [0.2, 0.25) is 5.91 Å². The fourth-order valence-corrected chi connectivity index (χ4v) is 2.50. The van der Waals surface area contributed by atoms with Gasteiger partial charge in [-0.1, -0.05) is 31.5 Å². The first-order chi connectivity index (χ1) is 8.81. The van der Waals surface area contributed by atoms with Gasteiger partial charge in [-0.2, -0.15) is 0 Å². The number of nitrogens with zero attached hydrogens (tertiary/aromatic N) is 1. The molecule has 1 aliphatic heterocycles. The van der Waals surface area contributed by atoms with Crippen molar-refractivity contribution in [1.29, 1.82) is 0 Å². The molecular weight excluding hydrogens is 224 g/mol. The van der Waals surface area contributed by atoms with Crippen molar-refractivity contribution in [2.45, 2.75) is 38.6 Å². The van der Waals surface area contributed by atoms with Crippen molar-refractivity contribution in [3.05, 3.63) is 30.3 Å². The number of hydrogen-bond acceptors (Lipinski definition) is 2. The first kappa shape index (κ1) is 13.1. The lowest BCUT2D eigenvalue weighted by Gasteiger charge is -2.23. The van der Waals surface area contributed by atoms with Gasteiger partial charge in [0.25, 0.3) is 0 Å². The van der Waals surface area contributed by atoms with Crippen LogP contribution in [0.15, 0.2) is 30.3 Å². The smallest absolute Gasteiger partial charge is 0.241 e. The molecule has 98 valence electrons. The molecule has 1 N–H and O–H groups in total. The summed E-state index contributed by atoms with van der Waals surface area (Å²) in [6.07, 6.45) is 4.48. The molecule has 0 spiro atoms. The molecule has 0 saturated carbocycles. The van der Waals surface area contributed by atoms with Crippen LogP contribution in [0.3, 0.4) is 0 Å². The molecule has 0 aromatic heterocycles. The molecule has 18 heavy (non-hydrogen) atoms. The van der Waals surface area contributed by atoms with Crippen LogP contribution in [0.25, 0.3) is 0 Å². The molecule has 3 nitrogen and oxygen atoms in total. The Balaban J connectivity index is 1.91. The molecule has 0 radical (unpaired) electrons. The number of para-hydroxylation sites is 1. The zero-order valence-corrected chi connectivity index (χ0v) is 11.1. The largest absolute Gasteiger partial charge is 0.325 e. The molecule has 1 heterocycles. The summed E-state index contributed by atoms with van der Waals surface area (Å²) in [4.78, 5) is 14.6. The van der Waals surface area contributed by atoms with Gasteiger partial charge in [0, 0.05) is 5.69 Å². The van der Waals surface area contributed by atoms with E-state index >= 15 is 0 Å². The lowest BCUT2D eigenvalue weighted by molar-refractivity contribution is -0.120. The van der Waals surface area contributed by atoms with E-state index in [4.69, 9.17) is 0 Å². The Morgan fingerprint density at radius 1 is 1.39 bits per heavy atom. The summed E-state index contributed by atoms with van der Waals surface area (Å²) in [7, 11) is 0. The van der Waals surface area contributed by atoms with E-state index < -0.39 is 0 Å². The summed E-state index contributed by atoms with van der Waals surface area (Å²) in [5.41, 5.74) is 0.893. The predicted octanol–water partition coefficient (Wildman–Crippen LogP) is 2.89. The first-order valence-corrected chi connectivity index (χ1v) is 6.91. The molecule has 1 unspecified atom stereocenters. The number of unbranched alkanes of at least 4 members (excludes halogenated alkanes) is 1. The van der Waals surface area contributed by atoms with E-state index in [1.54, 1.807) is 0 Å². The SMILES string of the molecule is CCCCN1CCCC1C(=O)Nc1ccccc1. The number of carbonyl (C=O) groups excluding carboxylic acids is 1. The minimum Gasteiger partial charge on any atom is -0.325 e. The van der Waals surface area contributed by atoms with Gasteiger partial charge in [0.15, 0.2) is 0 Å². The highest BCUT2D eigenvalue weighted by Crippen LogP contribution is 2.19. The molecule has 1 atom stereocenters. The zero-order chi connectivity index (χ0) is 12.8. The Morgan fingerprint density at radius 3 is 2.89 bits per heavy atom. The molecule has 1 aliphatic rings. The van der Waals surface area contributed by atoms with Gasteiger partial charge < -0.3 is 5.32 Å². The second-order valence-electron chi connectivity index (χ2n) is 4.90. The second-order valence-corrected chi connectivity index (χ2v) is 4.90. The molecule has 1 aromatic carbocycles. The topological polar surface area (TPSA) is 32.3 Å². The van der Waals surface area contributed by atoms with E-state index in [-0.39, 0.29) is 11.9 Å². The molecule has 2 rings (SSSR count). The maximum atomic E-state index is 12.2. The fourth-order valence-electron chi connectivity index (χ4n) is 2.50. The lowest BCUT2D eigenvalue weighted by atomic mass is 10.2. The number of benzene rings is 1. The van der Waals surface area contributed by atoms with E-state index in [2.05, 4.69) is 17.1 Å². The highest BCUT2D eigenvalue weighted by atomic mass is 16.2. The maximum Gasteiger partial charge on any atom is 0.241 e. The Labute approximate surface area is 109 Å². The normalized spacial score (nSPS) is 19.9. The quantitative estimate of drug-likeness (QED) is 0.866. The molecule has 1 fully saturated rings. The van der Waals surface area contributed by atoms with Crippen molar-refractivity contribution in [2.75, 3.05) is 18.4 Å².